The Kier molecular flexibility index (Phi) is 7.70. The maximum atomic E-state index is 9.34. The first-order valence-electron chi connectivity index (χ1n) is 10.3. The molecule has 1 unspecified atom stereocenters. The number of ether oxygens (including phenoxy) is 1. The monoisotopic (exact) mass is 420 g/mol. The van der Waals surface area contributed by atoms with Gasteiger partial charge in [-0.1, -0.05) is 12.1 Å². The molecule has 0 aliphatic carbocycles. The average Bonchev–Trinajstić information content (AvgIpc) is 2.73. The van der Waals surface area contributed by atoms with E-state index in [0.717, 1.165) is 22.2 Å². The van der Waals surface area contributed by atoms with Crippen molar-refractivity contribution in [3.05, 3.63) is 53.7 Å². The van der Waals surface area contributed by atoms with Gasteiger partial charge in [-0.25, -0.2) is 9.97 Å². The van der Waals surface area contributed by atoms with Crippen LogP contribution in [0.3, 0.4) is 0 Å². The van der Waals surface area contributed by atoms with E-state index in [0.29, 0.717) is 31.6 Å². The Morgan fingerprint density at radius 2 is 2.06 bits per heavy atom. The molecule has 3 rings (SSSR count). The molecule has 0 aliphatic heterocycles. The summed E-state index contributed by atoms with van der Waals surface area (Å²) in [6, 6.07) is 10.1. The highest BCUT2D eigenvalue weighted by Crippen LogP contribution is 2.24. The molecule has 1 atom stereocenters. The molecule has 8 nitrogen and oxygen atoms in total. The fraction of sp³-hybridized carbons (Fsp3) is 0.391. The van der Waals surface area contributed by atoms with Gasteiger partial charge >= 0.3 is 0 Å². The van der Waals surface area contributed by atoms with Crippen LogP contribution in [0.5, 0.6) is 5.88 Å². The van der Waals surface area contributed by atoms with Crippen LogP contribution in [-0.2, 0) is 6.42 Å². The molecule has 2 aromatic heterocycles. The van der Waals surface area contributed by atoms with Gasteiger partial charge in [0.1, 0.15) is 12.2 Å². The van der Waals surface area contributed by atoms with Crippen molar-refractivity contribution in [3.63, 3.8) is 0 Å². The molecule has 0 saturated heterocycles. The Bertz CT molecular complexity index is 1060. The first-order valence-corrected chi connectivity index (χ1v) is 10.3. The van der Waals surface area contributed by atoms with Crippen molar-refractivity contribution in [1.82, 2.24) is 19.9 Å². The highest BCUT2D eigenvalue weighted by molar-refractivity contribution is 5.93. The second-order valence-electron chi connectivity index (χ2n) is 7.70. The number of likely N-dealkylation sites (N-methyl/N-ethyl adjacent to an activating group) is 1. The van der Waals surface area contributed by atoms with Gasteiger partial charge in [-0.05, 0) is 45.0 Å². The molecular formula is C23H28N6O2. The van der Waals surface area contributed by atoms with E-state index in [1.165, 1.54) is 0 Å². The summed E-state index contributed by atoms with van der Waals surface area (Å²) >= 11 is 0. The fourth-order valence-corrected chi connectivity index (χ4v) is 3.35. The lowest BCUT2D eigenvalue weighted by Crippen LogP contribution is -2.28. The van der Waals surface area contributed by atoms with Crippen LogP contribution >= 0.6 is 0 Å². The van der Waals surface area contributed by atoms with Crippen LogP contribution in [0.1, 0.15) is 30.4 Å². The van der Waals surface area contributed by atoms with Gasteiger partial charge in [0.25, 0.3) is 5.88 Å². The van der Waals surface area contributed by atoms with Gasteiger partial charge < -0.3 is 20.1 Å². The lowest BCUT2D eigenvalue weighted by molar-refractivity contribution is 0.169. The Hall–Kier alpha value is -3.28. The molecule has 2 heterocycles. The van der Waals surface area contributed by atoms with Crippen molar-refractivity contribution in [1.29, 1.82) is 5.26 Å². The van der Waals surface area contributed by atoms with Crippen molar-refractivity contribution in [2.45, 2.75) is 25.9 Å². The average molecular weight is 421 g/mol. The molecule has 0 amide bonds. The number of aliphatic hydroxyl groups excluding tert-OH is 1. The Morgan fingerprint density at radius 3 is 2.81 bits per heavy atom. The van der Waals surface area contributed by atoms with Crippen LogP contribution in [0.25, 0.3) is 10.8 Å². The normalized spacial score (nSPS) is 12.0. The number of pyridine rings is 1. The third kappa shape index (κ3) is 6.10. The number of rotatable bonds is 10. The van der Waals surface area contributed by atoms with Crippen LogP contribution < -0.4 is 10.1 Å². The predicted molar refractivity (Wildman–Crippen MR) is 120 cm³/mol. The van der Waals surface area contributed by atoms with Crippen LogP contribution in [-0.4, -0.2) is 64.9 Å². The molecule has 162 valence electrons. The molecule has 1 aromatic carbocycles. The zero-order valence-electron chi connectivity index (χ0n) is 18.2. The van der Waals surface area contributed by atoms with Crippen molar-refractivity contribution in [3.8, 4) is 11.9 Å². The predicted octanol–water partition coefficient (Wildman–Crippen LogP) is 2.61. The van der Waals surface area contributed by atoms with Crippen molar-refractivity contribution < 1.29 is 9.84 Å². The maximum absolute atomic E-state index is 9.34. The summed E-state index contributed by atoms with van der Waals surface area (Å²) in [7, 11) is 3.93. The van der Waals surface area contributed by atoms with E-state index in [9.17, 15) is 5.26 Å². The van der Waals surface area contributed by atoms with Crippen molar-refractivity contribution in [2.75, 3.05) is 39.1 Å². The largest absolute Gasteiger partial charge is 0.471 e. The smallest absolute Gasteiger partial charge is 0.251 e. The summed E-state index contributed by atoms with van der Waals surface area (Å²) in [5.41, 5.74) is 2.72. The number of hydrogen-bond acceptors (Lipinski definition) is 8. The van der Waals surface area contributed by atoms with E-state index in [1.807, 2.05) is 62.5 Å². The molecule has 0 bridgehead atoms. The van der Waals surface area contributed by atoms with E-state index in [2.05, 4.69) is 20.3 Å². The number of nitriles is 1. The van der Waals surface area contributed by atoms with Gasteiger partial charge in [0.2, 0.25) is 5.69 Å². The summed E-state index contributed by atoms with van der Waals surface area (Å²) < 4.78 is 5.87. The highest BCUT2D eigenvalue weighted by Gasteiger charge is 2.14. The molecular weight excluding hydrogens is 392 g/mol. The second-order valence-corrected chi connectivity index (χ2v) is 7.70. The van der Waals surface area contributed by atoms with E-state index in [1.54, 1.807) is 6.20 Å². The Labute approximate surface area is 182 Å². The third-order valence-corrected chi connectivity index (χ3v) is 4.67. The van der Waals surface area contributed by atoms with Crippen LogP contribution in [0.2, 0.25) is 0 Å². The standard InChI is InChI=1S/C23H28N6O2/c1-16(15-29(2)3)31-23-22(12-24)27-13-19(28-23)11-18-10-17-6-4-7-21(20(17)14-26-18)25-8-5-9-30/h4,6-7,10,13-14,16,25,30H,5,8-9,11,15H2,1-3H3. The number of benzene rings is 1. The summed E-state index contributed by atoms with van der Waals surface area (Å²) in [5, 5.41) is 23.7. The van der Waals surface area contributed by atoms with Crippen molar-refractivity contribution >= 4 is 16.5 Å². The topological polar surface area (TPSA) is 107 Å². The summed E-state index contributed by atoms with van der Waals surface area (Å²) in [6.45, 7) is 3.50. The number of anilines is 1. The zero-order valence-corrected chi connectivity index (χ0v) is 18.2. The molecule has 0 spiro atoms. The van der Waals surface area contributed by atoms with Gasteiger partial charge in [0.15, 0.2) is 0 Å². The number of aromatic nitrogens is 3. The third-order valence-electron chi connectivity index (χ3n) is 4.67. The first kappa shape index (κ1) is 22.4. The minimum Gasteiger partial charge on any atom is -0.471 e. The number of nitrogens with one attached hydrogen (secondary N) is 1. The maximum Gasteiger partial charge on any atom is 0.251 e. The lowest BCUT2D eigenvalue weighted by atomic mass is 10.1. The summed E-state index contributed by atoms with van der Waals surface area (Å²) in [6.07, 6.45) is 4.49. The van der Waals surface area contributed by atoms with Gasteiger partial charge in [0.05, 0.1) is 11.9 Å². The molecule has 3 aromatic rings. The lowest BCUT2D eigenvalue weighted by Gasteiger charge is -2.18. The van der Waals surface area contributed by atoms with Gasteiger partial charge in [-0.3, -0.25) is 4.98 Å². The van der Waals surface area contributed by atoms with E-state index in [4.69, 9.17) is 9.84 Å². The van der Waals surface area contributed by atoms with E-state index < -0.39 is 0 Å². The Morgan fingerprint density at radius 1 is 1.23 bits per heavy atom. The molecule has 8 heteroatoms. The minimum atomic E-state index is -0.123. The molecule has 0 saturated carbocycles. The van der Waals surface area contributed by atoms with Gasteiger partial charge in [-0.2, -0.15) is 5.26 Å². The van der Waals surface area contributed by atoms with E-state index in [-0.39, 0.29) is 24.3 Å². The SMILES string of the molecule is CC(CN(C)C)Oc1nc(Cc2cc3cccc(NCCCO)c3cn2)cnc1C#N. The number of hydrogen-bond donors (Lipinski definition) is 2. The molecule has 0 fully saturated rings. The zero-order chi connectivity index (χ0) is 22.2. The molecule has 0 radical (unpaired) electrons. The van der Waals surface area contributed by atoms with Crippen LogP contribution in [0.15, 0.2) is 36.7 Å². The number of fused-ring (bicyclic) bond motifs is 1. The second kappa shape index (κ2) is 10.7. The van der Waals surface area contributed by atoms with Crippen LogP contribution in [0.4, 0.5) is 5.69 Å². The van der Waals surface area contributed by atoms with Gasteiger partial charge in [-0.15, -0.1) is 0 Å². The van der Waals surface area contributed by atoms with Crippen molar-refractivity contribution in [2.24, 2.45) is 0 Å². The van der Waals surface area contributed by atoms with Gasteiger partial charge in [0, 0.05) is 49.1 Å². The molecule has 0 aliphatic rings. The first-order chi connectivity index (χ1) is 15.0. The fourth-order valence-electron chi connectivity index (χ4n) is 3.35. The summed E-state index contributed by atoms with van der Waals surface area (Å²) in [5.74, 6) is 0.255. The van der Waals surface area contributed by atoms with E-state index >= 15 is 0 Å². The Balaban J connectivity index is 1.80. The quantitative estimate of drug-likeness (QED) is 0.482. The number of aliphatic hydroxyl groups is 1. The highest BCUT2D eigenvalue weighted by atomic mass is 16.5. The molecule has 2 N–H and O–H groups in total. The number of nitrogens with zero attached hydrogens (tertiary/aromatic N) is 5. The van der Waals surface area contributed by atoms with Crippen LogP contribution in [0, 0.1) is 11.3 Å². The molecule has 31 heavy (non-hydrogen) atoms. The minimum absolute atomic E-state index is 0.123. The summed E-state index contributed by atoms with van der Waals surface area (Å²) in [4.78, 5) is 15.4.